The third-order valence-corrected chi connectivity index (χ3v) is 3.34. The molecule has 0 bridgehead atoms. The van der Waals surface area contributed by atoms with Crippen LogP contribution in [0.15, 0.2) is 12.0 Å². The van der Waals surface area contributed by atoms with E-state index in [0.29, 0.717) is 24.9 Å². The molecule has 2 aliphatic rings. The van der Waals surface area contributed by atoms with Crippen LogP contribution in [0.4, 0.5) is 0 Å². The van der Waals surface area contributed by atoms with Crippen LogP contribution in [0.25, 0.3) is 0 Å². The molecule has 1 saturated heterocycles. The van der Waals surface area contributed by atoms with Gasteiger partial charge in [0, 0.05) is 13.1 Å². The van der Waals surface area contributed by atoms with Crippen LogP contribution in [0, 0.1) is 5.92 Å². The predicted octanol–water partition coefficient (Wildman–Crippen LogP) is 0.462. The maximum atomic E-state index is 12.0. The summed E-state index contributed by atoms with van der Waals surface area (Å²) < 4.78 is 10.4. The third-order valence-electron chi connectivity index (χ3n) is 3.34. The second kappa shape index (κ2) is 5.91. The Labute approximate surface area is 102 Å². The highest BCUT2D eigenvalue weighted by Gasteiger charge is 2.26. The Balaban J connectivity index is 1.83. The number of carbonyl (C=O) groups is 1. The van der Waals surface area contributed by atoms with Crippen molar-refractivity contribution in [1.82, 2.24) is 4.90 Å². The summed E-state index contributed by atoms with van der Waals surface area (Å²) in [4.78, 5) is 13.9. The standard InChI is InChI=1S/C12H20N2O3/c13-4-1-10-2-5-14(6-3-10)12(15)11-9-16-7-8-17-11/h9-10H,1-8,13H2. The number of hydrogen-bond acceptors (Lipinski definition) is 4. The summed E-state index contributed by atoms with van der Waals surface area (Å²) in [6, 6.07) is 0. The zero-order valence-electron chi connectivity index (χ0n) is 10.1. The molecule has 2 N–H and O–H groups in total. The molecule has 0 aromatic carbocycles. The number of carbonyl (C=O) groups excluding carboxylic acids is 1. The second-order valence-electron chi connectivity index (χ2n) is 4.51. The van der Waals surface area contributed by atoms with Gasteiger partial charge in [-0.1, -0.05) is 0 Å². The first-order chi connectivity index (χ1) is 8.31. The van der Waals surface area contributed by atoms with Crippen molar-refractivity contribution in [2.24, 2.45) is 11.7 Å². The molecule has 0 aromatic rings. The van der Waals surface area contributed by atoms with Gasteiger partial charge in [-0.3, -0.25) is 4.79 Å². The summed E-state index contributed by atoms with van der Waals surface area (Å²) in [5, 5.41) is 0. The van der Waals surface area contributed by atoms with E-state index in [1.54, 1.807) is 0 Å². The Morgan fingerprint density at radius 1 is 1.41 bits per heavy atom. The summed E-state index contributed by atoms with van der Waals surface area (Å²) >= 11 is 0. The highest BCUT2D eigenvalue weighted by atomic mass is 16.6. The van der Waals surface area contributed by atoms with E-state index in [0.717, 1.165) is 38.9 Å². The lowest BCUT2D eigenvalue weighted by molar-refractivity contribution is -0.133. The van der Waals surface area contributed by atoms with E-state index in [4.69, 9.17) is 15.2 Å². The predicted molar refractivity (Wildman–Crippen MR) is 63.0 cm³/mol. The van der Waals surface area contributed by atoms with Gasteiger partial charge in [0.15, 0.2) is 0 Å². The topological polar surface area (TPSA) is 64.8 Å². The molecule has 0 aromatic heterocycles. The van der Waals surface area contributed by atoms with E-state index in [-0.39, 0.29) is 5.91 Å². The Morgan fingerprint density at radius 3 is 2.76 bits per heavy atom. The molecule has 96 valence electrons. The van der Waals surface area contributed by atoms with Crippen molar-refractivity contribution in [3.63, 3.8) is 0 Å². The van der Waals surface area contributed by atoms with Crippen molar-refractivity contribution >= 4 is 5.91 Å². The van der Waals surface area contributed by atoms with Gasteiger partial charge in [-0.05, 0) is 31.7 Å². The van der Waals surface area contributed by atoms with Crippen molar-refractivity contribution in [3.8, 4) is 0 Å². The fraction of sp³-hybridized carbons (Fsp3) is 0.750. The van der Waals surface area contributed by atoms with E-state index < -0.39 is 0 Å². The van der Waals surface area contributed by atoms with Crippen LogP contribution >= 0.6 is 0 Å². The first-order valence-corrected chi connectivity index (χ1v) is 6.25. The summed E-state index contributed by atoms with van der Waals surface area (Å²) in [7, 11) is 0. The first kappa shape index (κ1) is 12.2. The highest BCUT2D eigenvalue weighted by molar-refractivity contribution is 5.91. The summed E-state index contributed by atoms with van der Waals surface area (Å²) in [5.41, 5.74) is 5.54. The van der Waals surface area contributed by atoms with Crippen molar-refractivity contribution in [2.45, 2.75) is 19.3 Å². The minimum Gasteiger partial charge on any atom is -0.494 e. The number of ether oxygens (including phenoxy) is 2. The molecule has 0 spiro atoms. The van der Waals surface area contributed by atoms with E-state index in [2.05, 4.69) is 0 Å². The smallest absolute Gasteiger partial charge is 0.292 e. The van der Waals surface area contributed by atoms with Gasteiger partial charge >= 0.3 is 0 Å². The molecule has 0 unspecified atom stereocenters. The molecule has 0 saturated carbocycles. The molecule has 2 rings (SSSR count). The van der Waals surface area contributed by atoms with Crippen LogP contribution in [-0.4, -0.2) is 43.7 Å². The highest BCUT2D eigenvalue weighted by Crippen LogP contribution is 2.21. The van der Waals surface area contributed by atoms with Crippen LogP contribution in [0.5, 0.6) is 0 Å². The van der Waals surface area contributed by atoms with Crippen LogP contribution < -0.4 is 5.73 Å². The number of rotatable bonds is 3. The number of piperidine rings is 1. The van der Waals surface area contributed by atoms with Crippen LogP contribution in [0.1, 0.15) is 19.3 Å². The lowest BCUT2D eigenvalue weighted by Gasteiger charge is -2.32. The Kier molecular flexibility index (Phi) is 4.25. The third kappa shape index (κ3) is 3.12. The molecule has 0 aliphatic carbocycles. The molecule has 1 amide bonds. The van der Waals surface area contributed by atoms with Gasteiger partial charge in [-0.2, -0.15) is 0 Å². The van der Waals surface area contributed by atoms with E-state index in [9.17, 15) is 4.79 Å². The van der Waals surface area contributed by atoms with Gasteiger partial charge in [0.25, 0.3) is 5.91 Å². The van der Waals surface area contributed by atoms with Crippen molar-refractivity contribution < 1.29 is 14.3 Å². The van der Waals surface area contributed by atoms with Crippen LogP contribution in [-0.2, 0) is 14.3 Å². The Morgan fingerprint density at radius 2 is 2.18 bits per heavy atom. The normalized spacial score (nSPS) is 21.5. The zero-order chi connectivity index (χ0) is 12.1. The quantitative estimate of drug-likeness (QED) is 0.778. The molecular weight excluding hydrogens is 220 g/mol. The molecule has 0 atom stereocenters. The Bertz CT molecular complexity index is 296. The minimum absolute atomic E-state index is 0.0455. The number of nitrogens with zero attached hydrogens (tertiary/aromatic N) is 1. The molecule has 5 nitrogen and oxygen atoms in total. The van der Waals surface area contributed by atoms with Gasteiger partial charge in [0.1, 0.15) is 19.5 Å². The van der Waals surface area contributed by atoms with Crippen molar-refractivity contribution in [3.05, 3.63) is 12.0 Å². The van der Waals surface area contributed by atoms with Gasteiger partial charge in [0.2, 0.25) is 5.76 Å². The average Bonchev–Trinajstić information content (AvgIpc) is 2.40. The minimum atomic E-state index is -0.0455. The van der Waals surface area contributed by atoms with Gasteiger partial charge in [0.05, 0.1) is 0 Å². The number of nitrogens with two attached hydrogens (primary N) is 1. The fourth-order valence-corrected chi connectivity index (χ4v) is 2.30. The summed E-state index contributed by atoms with van der Waals surface area (Å²) in [6.07, 6.45) is 4.57. The molecule has 0 radical (unpaired) electrons. The zero-order valence-corrected chi connectivity index (χ0v) is 10.1. The van der Waals surface area contributed by atoms with Gasteiger partial charge in [-0.25, -0.2) is 0 Å². The molecule has 5 heteroatoms. The number of likely N-dealkylation sites (tertiary alicyclic amines) is 1. The van der Waals surface area contributed by atoms with Gasteiger partial charge < -0.3 is 20.1 Å². The fourth-order valence-electron chi connectivity index (χ4n) is 2.30. The number of hydrogen-bond donors (Lipinski definition) is 1. The molecule has 17 heavy (non-hydrogen) atoms. The largest absolute Gasteiger partial charge is 0.494 e. The molecule has 2 heterocycles. The molecular formula is C12H20N2O3. The van der Waals surface area contributed by atoms with E-state index in [1.807, 2.05) is 4.90 Å². The average molecular weight is 240 g/mol. The lowest BCUT2D eigenvalue weighted by atomic mass is 9.93. The van der Waals surface area contributed by atoms with E-state index >= 15 is 0 Å². The second-order valence-corrected chi connectivity index (χ2v) is 4.51. The van der Waals surface area contributed by atoms with Crippen LogP contribution in [0.3, 0.4) is 0 Å². The van der Waals surface area contributed by atoms with Crippen LogP contribution in [0.2, 0.25) is 0 Å². The summed E-state index contributed by atoms with van der Waals surface area (Å²) in [6.45, 7) is 3.31. The van der Waals surface area contributed by atoms with E-state index in [1.165, 1.54) is 6.26 Å². The molecule has 2 aliphatic heterocycles. The first-order valence-electron chi connectivity index (χ1n) is 6.25. The van der Waals surface area contributed by atoms with Crippen molar-refractivity contribution in [2.75, 3.05) is 32.8 Å². The molecule has 1 fully saturated rings. The maximum absolute atomic E-state index is 12.0. The van der Waals surface area contributed by atoms with Crippen molar-refractivity contribution in [1.29, 1.82) is 0 Å². The van der Waals surface area contributed by atoms with Gasteiger partial charge in [-0.15, -0.1) is 0 Å². The summed E-state index contributed by atoms with van der Waals surface area (Å²) in [5.74, 6) is 0.964. The number of amides is 1. The lowest BCUT2D eigenvalue weighted by Crippen LogP contribution is -2.40. The SMILES string of the molecule is NCCC1CCN(C(=O)C2=COCCO2)CC1. The Hall–Kier alpha value is -1.23. The maximum Gasteiger partial charge on any atom is 0.292 e. The monoisotopic (exact) mass is 240 g/mol.